The molecule has 1 N–H and O–H groups in total. The average molecular weight is 356 g/mol. The lowest BCUT2D eigenvalue weighted by molar-refractivity contribution is -0.131. The predicted molar refractivity (Wildman–Crippen MR) is 93.6 cm³/mol. The quantitative estimate of drug-likeness (QED) is 0.855. The average Bonchev–Trinajstić information content (AvgIpc) is 3.54. The maximum Gasteiger partial charge on any atom is 0.285 e. The van der Waals surface area contributed by atoms with E-state index in [4.69, 9.17) is 0 Å². The van der Waals surface area contributed by atoms with Crippen molar-refractivity contribution in [3.8, 4) is 0 Å². The smallest absolute Gasteiger partial charge is 0.285 e. The predicted octanol–water partition coefficient (Wildman–Crippen LogP) is 0.568. The van der Waals surface area contributed by atoms with Crippen molar-refractivity contribution in [2.24, 2.45) is 17.3 Å². The van der Waals surface area contributed by atoms with Gasteiger partial charge in [-0.05, 0) is 38.0 Å². The first-order valence-electron chi connectivity index (χ1n) is 9.70. The summed E-state index contributed by atoms with van der Waals surface area (Å²) in [6.07, 6.45) is 7.68. The summed E-state index contributed by atoms with van der Waals surface area (Å²) in [4.78, 5) is 43.2. The number of aromatic nitrogens is 2. The van der Waals surface area contributed by atoms with Gasteiger partial charge in [0, 0.05) is 50.1 Å². The molecule has 4 aliphatic rings. The Morgan fingerprint density at radius 1 is 1.23 bits per heavy atom. The van der Waals surface area contributed by atoms with Gasteiger partial charge in [0.1, 0.15) is 11.4 Å². The number of hydrogen-bond acceptors (Lipinski definition) is 4. The summed E-state index contributed by atoms with van der Waals surface area (Å²) in [7, 11) is 0. The fraction of sp³-hybridized carbons (Fsp3) is 0.684. The molecule has 1 aromatic heterocycles. The van der Waals surface area contributed by atoms with Crippen LogP contribution in [0.1, 0.15) is 48.3 Å². The maximum absolute atomic E-state index is 12.4. The number of fused-ring (bicyclic) bond motifs is 1. The first-order valence-corrected chi connectivity index (χ1v) is 9.70. The van der Waals surface area contributed by atoms with Gasteiger partial charge in [-0.15, -0.1) is 0 Å². The van der Waals surface area contributed by atoms with Crippen molar-refractivity contribution in [3.05, 3.63) is 27.9 Å². The molecule has 1 spiro atoms. The highest BCUT2D eigenvalue weighted by molar-refractivity contribution is 5.93. The molecule has 2 aliphatic carbocycles. The van der Waals surface area contributed by atoms with Gasteiger partial charge in [-0.2, -0.15) is 4.98 Å². The molecule has 0 radical (unpaired) electrons. The normalized spacial score (nSPS) is 27.0. The molecule has 2 amide bonds. The number of likely N-dealkylation sites (tertiary alicyclic amines) is 1. The van der Waals surface area contributed by atoms with Gasteiger partial charge in [0.2, 0.25) is 5.91 Å². The van der Waals surface area contributed by atoms with Crippen molar-refractivity contribution < 1.29 is 9.59 Å². The number of nitrogens with zero attached hydrogens (tertiary/aromatic N) is 3. The van der Waals surface area contributed by atoms with Gasteiger partial charge in [0.05, 0.1) is 0 Å². The molecule has 3 fully saturated rings. The SMILES string of the molecule is O=C(NCC1CC1)c1cn2c(nc1=O)C[C@@]1(CCN(C(=O)C3CC3)C1)C2. The van der Waals surface area contributed by atoms with Crippen molar-refractivity contribution >= 4 is 11.8 Å². The number of hydrogen-bond donors (Lipinski definition) is 1. The Labute approximate surface area is 151 Å². The molecular weight excluding hydrogens is 332 g/mol. The number of rotatable bonds is 4. The van der Waals surface area contributed by atoms with E-state index in [0.29, 0.717) is 24.8 Å². The molecular formula is C19H24N4O3. The summed E-state index contributed by atoms with van der Waals surface area (Å²) in [5.41, 5.74) is -0.332. The third kappa shape index (κ3) is 2.83. The van der Waals surface area contributed by atoms with E-state index < -0.39 is 5.56 Å². The molecule has 0 aromatic carbocycles. The highest BCUT2D eigenvalue weighted by Gasteiger charge is 2.47. The molecule has 2 saturated carbocycles. The molecule has 0 unspecified atom stereocenters. The molecule has 7 nitrogen and oxygen atoms in total. The van der Waals surface area contributed by atoms with Gasteiger partial charge in [0.15, 0.2) is 0 Å². The molecule has 138 valence electrons. The summed E-state index contributed by atoms with van der Waals surface area (Å²) < 4.78 is 1.96. The van der Waals surface area contributed by atoms with E-state index >= 15 is 0 Å². The van der Waals surface area contributed by atoms with E-state index in [0.717, 1.165) is 57.6 Å². The molecule has 3 heterocycles. The summed E-state index contributed by atoms with van der Waals surface area (Å²) in [6, 6.07) is 0. The molecule has 1 atom stereocenters. The lowest BCUT2D eigenvalue weighted by atomic mass is 9.86. The summed E-state index contributed by atoms with van der Waals surface area (Å²) in [6.45, 7) is 2.90. The van der Waals surface area contributed by atoms with Gasteiger partial charge in [-0.25, -0.2) is 0 Å². The van der Waals surface area contributed by atoms with E-state index in [9.17, 15) is 14.4 Å². The van der Waals surface area contributed by atoms with Gasteiger partial charge in [-0.1, -0.05) is 0 Å². The molecule has 1 aromatic rings. The third-order valence-corrected chi connectivity index (χ3v) is 6.29. The van der Waals surface area contributed by atoms with Crippen molar-refractivity contribution in [1.82, 2.24) is 19.8 Å². The molecule has 26 heavy (non-hydrogen) atoms. The molecule has 7 heteroatoms. The van der Waals surface area contributed by atoms with Crippen LogP contribution in [0.2, 0.25) is 0 Å². The van der Waals surface area contributed by atoms with Gasteiger partial charge < -0.3 is 14.8 Å². The van der Waals surface area contributed by atoms with E-state index in [1.807, 2.05) is 9.47 Å². The Balaban J connectivity index is 1.32. The minimum atomic E-state index is -0.439. The monoisotopic (exact) mass is 356 g/mol. The van der Waals surface area contributed by atoms with Crippen LogP contribution in [0.4, 0.5) is 0 Å². The summed E-state index contributed by atoms with van der Waals surface area (Å²) in [5, 5.41) is 2.85. The topological polar surface area (TPSA) is 84.3 Å². The molecule has 1 saturated heterocycles. The van der Waals surface area contributed by atoms with Gasteiger partial charge in [0.25, 0.3) is 11.5 Å². The van der Waals surface area contributed by atoms with Crippen LogP contribution in [0, 0.1) is 17.3 Å². The third-order valence-electron chi connectivity index (χ3n) is 6.29. The zero-order valence-corrected chi connectivity index (χ0v) is 14.9. The van der Waals surface area contributed by atoms with Crippen LogP contribution in [0.3, 0.4) is 0 Å². The van der Waals surface area contributed by atoms with Crippen LogP contribution >= 0.6 is 0 Å². The number of carbonyl (C=O) groups is 2. The van der Waals surface area contributed by atoms with Crippen LogP contribution in [0.15, 0.2) is 11.0 Å². The van der Waals surface area contributed by atoms with Crippen molar-refractivity contribution in [3.63, 3.8) is 0 Å². The zero-order valence-electron chi connectivity index (χ0n) is 14.9. The van der Waals surface area contributed by atoms with Crippen molar-refractivity contribution in [1.29, 1.82) is 0 Å². The Morgan fingerprint density at radius 2 is 2.04 bits per heavy atom. The van der Waals surface area contributed by atoms with Crippen LogP contribution < -0.4 is 10.9 Å². The van der Waals surface area contributed by atoms with Crippen LogP contribution in [-0.2, 0) is 17.8 Å². The summed E-state index contributed by atoms with van der Waals surface area (Å²) in [5.74, 6) is 1.54. The standard InChI is InChI=1S/C19H24N4O3/c24-16(20-8-12-1-2-12)14-9-23-11-19(7-15(23)21-17(14)25)5-6-22(10-19)18(26)13-3-4-13/h9,12-13H,1-8,10-11H2,(H,20,24)/t19-/m1/s1. The fourth-order valence-corrected chi connectivity index (χ4v) is 4.35. The lowest BCUT2D eigenvalue weighted by Gasteiger charge is -2.22. The van der Waals surface area contributed by atoms with Gasteiger partial charge >= 0.3 is 0 Å². The van der Waals surface area contributed by atoms with Crippen LogP contribution in [0.25, 0.3) is 0 Å². The van der Waals surface area contributed by atoms with E-state index in [1.54, 1.807) is 6.20 Å². The van der Waals surface area contributed by atoms with Crippen molar-refractivity contribution in [2.45, 2.75) is 45.1 Å². The van der Waals surface area contributed by atoms with Gasteiger partial charge in [-0.3, -0.25) is 14.4 Å². The minimum absolute atomic E-state index is 0.0277. The van der Waals surface area contributed by atoms with Crippen molar-refractivity contribution in [2.75, 3.05) is 19.6 Å². The number of nitrogens with one attached hydrogen (secondary N) is 1. The second-order valence-corrected chi connectivity index (χ2v) is 8.62. The van der Waals surface area contributed by atoms with Crippen LogP contribution in [0.5, 0.6) is 0 Å². The number of amides is 2. The fourth-order valence-electron chi connectivity index (χ4n) is 4.35. The van der Waals surface area contributed by atoms with E-state index in [-0.39, 0.29) is 22.8 Å². The lowest BCUT2D eigenvalue weighted by Crippen LogP contribution is -2.33. The van der Waals surface area contributed by atoms with E-state index in [1.165, 1.54) is 0 Å². The first kappa shape index (κ1) is 16.0. The second kappa shape index (κ2) is 5.66. The van der Waals surface area contributed by atoms with Crippen LogP contribution in [-0.4, -0.2) is 45.9 Å². The number of carbonyl (C=O) groups excluding carboxylic acids is 2. The maximum atomic E-state index is 12.4. The first-order chi connectivity index (χ1) is 12.5. The largest absolute Gasteiger partial charge is 0.352 e. The molecule has 5 rings (SSSR count). The summed E-state index contributed by atoms with van der Waals surface area (Å²) >= 11 is 0. The highest BCUT2D eigenvalue weighted by atomic mass is 16.2. The Hall–Kier alpha value is -2.18. The molecule has 0 bridgehead atoms. The Kier molecular flexibility index (Phi) is 3.49. The molecule has 2 aliphatic heterocycles. The Morgan fingerprint density at radius 3 is 2.77 bits per heavy atom. The second-order valence-electron chi connectivity index (χ2n) is 8.62. The zero-order chi connectivity index (χ0) is 17.9. The minimum Gasteiger partial charge on any atom is -0.352 e. The highest BCUT2D eigenvalue weighted by Crippen LogP contribution is 2.42. The van der Waals surface area contributed by atoms with E-state index in [2.05, 4.69) is 10.3 Å². The Bertz CT molecular complexity index is 840.